The number of sulfone groups is 1. The van der Waals surface area contributed by atoms with Crippen molar-refractivity contribution in [2.75, 3.05) is 29.9 Å². The van der Waals surface area contributed by atoms with Gasteiger partial charge in [0.1, 0.15) is 0 Å². The van der Waals surface area contributed by atoms with Gasteiger partial charge in [-0.25, -0.2) is 8.42 Å². The molecule has 6 N–H and O–H groups in total. The van der Waals surface area contributed by atoms with Crippen LogP contribution in [-0.2, 0) is 14.6 Å². The Bertz CT molecular complexity index is 557. The lowest BCUT2D eigenvalue weighted by atomic mass is 10.3. The molecule has 0 saturated carbocycles. The SMILES string of the molecule is NCCNc1ccc(N)cc1S(=O)(=O)CCC(=O)O. The summed E-state index contributed by atoms with van der Waals surface area (Å²) in [5.41, 5.74) is 11.6. The van der Waals surface area contributed by atoms with Gasteiger partial charge in [0.25, 0.3) is 0 Å². The third-order valence-corrected chi connectivity index (χ3v) is 4.13. The standard InChI is InChI=1S/C11H17N3O4S/c12-4-5-14-9-2-1-8(13)7-10(9)19(17,18)6-3-11(15)16/h1-2,7,14H,3-6,12-13H2,(H,15,16). The fourth-order valence-electron chi connectivity index (χ4n) is 1.48. The lowest BCUT2D eigenvalue weighted by Crippen LogP contribution is -2.17. The molecule has 0 bridgehead atoms. The molecule has 1 aromatic carbocycles. The van der Waals surface area contributed by atoms with E-state index in [1.165, 1.54) is 6.07 Å². The molecule has 0 aliphatic rings. The number of hydrogen-bond donors (Lipinski definition) is 4. The number of carboxylic acids is 1. The van der Waals surface area contributed by atoms with Crippen molar-refractivity contribution in [1.82, 2.24) is 0 Å². The number of benzene rings is 1. The molecule has 0 unspecified atom stereocenters. The molecule has 106 valence electrons. The smallest absolute Gasteiger partial charge is 0.304 e. The van der Waals surface area contributed by atoms with Gasteiger partial charge in [-0.15, -0.1) is 0 Å². The minimum atomic E-state index is -3.70. The Morgan fingerprint density at radius 1 is 1.37 bits per heavy atom. The van der Waals surface area contributed by atoms with Crippen LogP contribution in [0.15, 0.2) is 23.1 Å². The van der Waals surface area contributed by atoms with Gasteiger partial charge in [-0.05, 0) is 18.2 Å². The van der Waals surface area contributed by atoms with Crippen molar-refractivity contribution in [2.24, 2.45) is 5.73 Å². The number of carbonyl (C=O) groups is 1. The minimum Gasteiger partial charge on any atom is -0.481 e. The van der Waals surface area contributed by atoms with E-state index in [-0.39, 0.29) is 4.90 Å². The molecule has 0 aliphatic heterocycles. The second-order valence-electron chi connectivity index (χ2n) is 3.93. The molecule has 0 spiro atoms. The van der Waals surface area contributed by atoms with Crippen molar-refractivity contribution < 1.29 is 18.3 Å². The Kier molecular flexibility index (Phi) is 5.13. The normalized spacial score (nSPS) is 11.2. The van der Waals surface area contributed by atoms with E-state index in [1.54, 1.807) is 12.1 Å². The molecule has 0 aliphatic carbocycles. The third kappa shape index (κ3) is 4.42. The lowest BCUT2D eigenvalue weighted by molar-refractivity contribution is -0.136. The van der Waals surface area contributed by atoms with Crippen molar-refractivity contribution in [3.8, 4) is 0 Å². The van der Waals surface area contributed by atoms with Crippen LogP contribution in [0, 0.1) is 0 Å². The predicted octanol–water partition coefficient (Wildman–Crippen LogP) is -0.112. The van der Waals surface area contributed by atoms with Crippen LogP contribution in [0.5, 0.6) is 0 Å². The maximum absolute atomic E-state index is 12.1. The minimum absolute atomic E-state index is 0.00204. The molecule has 0 aromatic heterocycles. The molecule has 0 amide bonds. The first-order valence-corrected chi connectivity index (χ1v) is 7.30. The number of anilines is 2. The summed E-state index contributed by atoms with van der Waals surface area (Å²) < 4.78 is 24.2. The Hall–Kier alpha value is -1.80. The molecule has 1 rings (SSSR count). The second kappa shape index (κ2) is 6.39. The molecule has 0 radical (unpaired) electrons. The maximum atomic E-state index is 12.1. The number of rotatable bonds is 7. The molecule has 7 nitrogen and oxygen atoms in total. The van der Waals surface area contributed by atoms with E-state index < -0.39 is 28.0 Å². The van der Waals surface area contributed by atoms with Gasteiger partial charge in [-0.1, -0.05) is 0 Å². The van der Waals surface area contributed by atoms with Crippen LogP contribution < -0.4 is 16.8 Å². The summed E-state index contributed by atoms with van der Waals surface area (Å²) >= 11 is 0. The fourth-order valence-corrected chi connectivity index (χ4v) is 2.93. The van der Waals surface area contributed by atoms with Crippen molar-refractivity contribution in [2.45, 2.75) is 11.3 Å². The molecular formula is C11H17N3O4S. The first-order chi connectivity index (χ1) is 8.86. The van der Waals surface area contributed by atoms with Crippen molar-refractivity contribution in [1.29, 1.82) is 0 Å². The van der Waals surface area contributed by atoms with Gasteiger partial charge < -0.3 is 21.9 Å². The highest BCUT2D eigenvalue weighted by atomic mass is 32.2. The summed E-state index contributed by atoms with van der Waals surface area (Å²) in [6.07, 6.45) is -0.451. The summed E-state index contributed by atoms with van der Waals surface area (Å²) in [5.74, 6) is -1.63. The first-order valence-electron chi connectivity index (χ1n) is 5.65. The van der Waals surface area contributed by atoms with Gasteiger partial charge >= 0.3 is 5.97 Å². The summed E-state index contributed by atoms with van der Waals surface area (Å²) in [5, 5.41) is 11.4. The van der Waals surface area contributed by atoms with E-state index in [1.807, 2.05) is 0 Å². The fraction of sp³-hybridized carbons (Fsp3) is 0.364. The Balaban J connectivity index is 3.08. The third-order valence-electron chi connectivity index (χ3n) is 2.39. The zero-order valence-corrected chi connectivity index (χ0v) is 11.1. The largest absolute Gasteiger partial charge is 0.481 e. The summed E-state index contributed by atoms with van der Waals surface area (Å²) in [7, 11) is -3.70. The molecule has 8 heteroatoms. The van der Waals surface area contributed by atoms with Gasteiger partial charge in [0.05, 0.1) is 22.8 Å². The zero-order chi connectivity index (χ0) is 14.5. The molecule has 0 atom stereocenters. The van der Waals surface area contributed by atoms with E-state index in [4.69, 9.17) is 16.6 Å². The molecule has 19 heavy (non-hydrogen) atoms. The van der Waals surface area contributed by atoms with Crippen LogP contribution in [0.1, 0.15) is 6.42 Å². The molecular weight excluding hydrogens is 270 g/mol. The second-order valence-corrected chi connectivity index (χ2v) is 6.01. The van der Waals surface area contributed by atoms with Crippen LogP contribution >= 0.6 is 0 Å². The van der Waals surface area contributed by atoms with Gasteiger partial charge in [-0.2, -0.15) is 0 Å². The van der Waals surface area contributed by atoms with Crippen LogP contribution in [-0.4, -0.2) is 38.3 Å². The molecule has 0 saturated heterocycles. The molecule has 0 fully saturated rings. The average molecular weight is 287 g/mol. The average Bonchev–Trinajstić information content (AvgIpc) is 2.35. The highest BCUT2D eigenvalue weighted by molar-refractivity contribution is 7.91. The number of nitrogen functional groups attached to an aromatic ring is 1. The van der Waals surface area contributed by atoms with E-state index in [0.29, 0.717) is 24.5 Å². The Morgan fingerprint density at radius 2 is 2.05 bits per heavy atom. The first kappa shape index (κ1) is 15.3. The highest BCUT2D eigenvalue weighted by Crippen LogP contribution is 2.25. The van der Waals surface area contributed by atoms with E-state index in [9.17, 15) is 13.2 Å². The van der Waals surface area contributed by atoms with Gasteiger partial charge in [0.2, 0.25) is 0 Å². The van der Waals surface area contributed by atoms with Crippen LogP contribution in [0.3, 0.4) is 0 Å². The van der Waals surface area contributed by atoms with Gasteiger partial charge in [0.15, 0.2) is 9.84 Å². The number of aliphatic carboxylic acids is 1. The van der Waals surface area contributed by atoms with Gasteiger partial charge in [0, 0.05) is 18.8 Å². The Labute approximate surface area is 111 Å². The van der Waals surface area contributed by atoms with Gasteiger partial charge in [-0.3, -0.25) is 4.79 Å². The molecule has 0 heterocycles. The quantitative estimate of drug-likeness (QED) is 0.513. The maximum Gasteiger partial charge on any atom is 0.304 e. The van der Waals surface area contributed by atoms with E-state index >= 15 is 0 Å². The van der Waals surface area contributed by atoms with Crippen molar-refractivity contribution >= 4 is 27.2 Å². The predicted molar refractivity (Wildman–Crippen MR) is 72.7 cm³/mol. The molecule has 1 aromatic rings. The number of nitrogens with two attached hydrogens (primary N) is 2. The topological polar surface area (TPSA) is 136 Å². The Morgan fingerprint density at radius 3 is 2.63 bits per heavy atom. The van der Waals surface area contributed by atoms with Crippen LogP contribution in [0.25, 0.3) is 0 Å². The zero-order valence-electron chi connectivity index (χ0n) is 10.3. The van der Waals surface area contributed by atoms with Crippen molar-refractivity contribution in [3.63, 3.8) is 0 Å². The number of carboxylic acid groups (broad SMARTS) is 1. The lowest BCUT2D eigenvalue weighted by Gasteiger charge is -2.12. The van der Waals surface area contributed by atoms with Crippen molar-refractivity contribution in [3.05, 3.63) is 18.2 Å². The van der Waals surface area contributed by atoms with Crippen LogP contribution in [0.2, 0.25) is 0 Å². The number of nitrogens with one attached hydrogen (secondary N) is 1. The van der Waals surface area contributed by atoms with E-state index in [2.05, 4.69) is 5.32 Å². The number of hydrogen-bond acceptors (Lipinski definition) is 6. The van der Waals surface area contributed by atoms with E-state index in [0.717, 1.165) is 0 Å². The highest BCUT2D eigenvalue weighted by Gasteiger charge is 2.20. The summed E-state index contributed by atoms with van der Waals surface area (Å²) in [4.78, 5) is 10.5. The van der Waals surface area contributed by atoms with Crippen LogP contribution in [0.4, 0.5) is 11.4 Å². The summed E-state index contributed by atoms with van der Waals surface area (Å²) in [6, 6.07) is 4.42. The monoisotopic (exact) mass is 287 g/mol. The summed E-state index contributed by atoms with van der Waals surface area (Å²) in [6.45, 7) is 0.754.